The molecule has 3 rings (SSSR count). The second kappa shape index (κ2) is 7.25. The minimum Gasteiger partial charge on any atom is -0.340 e. The van der Waals surface area contributed by atoms with Gasteiger partial charge in [0.2, 0.25) is 5.91 Å². The molecule has 0 aliphatic carbocycles. The van der Waals surface area contributed by atoms with Gasteiger partial charge < -0.3 is 10.2 Å². The van der Waals surface area contributed by atoms with Crippen LogP contribution < -0.4 is 5.32 Å². The fraction of sp³-hybridized carbons (Fsp3) is 0.611. The molecule has 2 saturated heterocycles. The van der Waals surface area contributed by atoms with Crippen molar-refractivity contribution >= 4 is 5.91 Å². The van der Waals surface area contributed by atoms with Crippen LogP contribution in [-0.4, -0.2) is 54.5 Å². The maximum Gasteiger partial charge on any atom is 0.225 e. The molecule has 1 aromatic rings. The molecule has 2 heterocycles. The van der Waals surface area contributed by atoms with E-state index >= 15 is 0 Å². The molecule has 1 amide bonds. The normalized spacial score (nSPS) is 26.9. The van der Waals surface area contributed by atoms with Gasteiger partial charge in [-0.3, -0.25) is 9.69 Å². The third kappa shape index (κ3) is 3.87. The van der Waals surface area contributed by atoms with Gasteiger partial charge in [0.15, 0.2) is 0 Å². The van der Waals surface area contributed by atoms with Crippen LogP contribution in [0.4, 0.5) is 0 Å². The first-order valence-electron chi connectivity index (χ1n) is 8.51. The number of hydrogen-bond donors (Lipinski definition) is 1. The van der Waals surface area contributed by atoms with E-state index in [0.29, 0.717) is 11.9 Å². The van der Waals surface area contributed by atoms with Gasteiger partial charge in [0.05, 0.1) is 0 Å². The molecular formula is C18H27N3O. The summed E-state index contributed by atoms with van der Waals surface area (Å²) >= 11 is 0. The Morgan fingerprint density at radius 2 is 1.91 bits per heavy atom. The maximum absolute atomic E-state index is 12.6. The molecule has 0 radical (unpaired) electrons. The van der Waals surface area contributed by atoms with Crippen molar-refractivity contribution in [3.63, 3.8) is 0 Å². The van der Waals surface area contributed by atoms with Gasteiger partial charge >= 0.3 is 0 Å². The Hall–Kier alpha value is -1.39. The van der Waals surface area contributed by atoms with Crippen LogP contribution in [0.25, 0.3) is 0 Å². The number of piperidine rings is 1. The van der Waals surface area contributed by atoms with Crippen molar-refractivity contribution in [1.29, 1.82) is 0 Å². The van der Waals surface area contributed by atoms with Crippen molar-refractivity contribution in [2.45, 2.75) is 32.4 Å². The monoisotopic (exact) mass is 301 g/mol. The fourth-order valence-corrected chi connectivity index (χ4v) is 3.58. The van der Waals surface area contributed by atoms with E-state index < -0.39 is 0 Å². The summed E-state index contributed by atoms with van der Waals surface area (Å²) in [4.78, 5) is 17.2. The summed E-state index contributed by atoms with van der Waals surface area (Å²) < 4.78 is 0. The molecule has 0 spiro atoms. The number of carbonyl (C=O) groups is 1. The van der Waals surface area contributed by atoms with Crippen LogP contribution in [0.15, 0.2) is 30.3 Å². The molecule has 22 heavy (non-hydrogen) atoms. The lowest BCUT2D eigenvalue weighted by molar-refractivity contribution is -0.138. The largest absolute Gasteiger partial charge is 0.340 e. The predicted octanol–water partition coefficient (Wildman–Crippen LogP) is 1.72. The van der Waals surface area contributed by atoms with Crippen LogP contribution in [0.1, 0.15) is 25.3 Å². The fourth-order valence-electron chi connectivity index (χ4n) is 3.58. The van der Waals surface area contributed by atoms with E-state index in [2.05, 4.69) is 52.4 Å². The van der Waals surface area contributed by atoms with Crippen LogP contribution >= 0.6 is 0 Å². The second-order valence-electron chi connectivity index (χ2n) is 6.66. The van der Waals surface area contributed by atoms with Crippen molar-refractivity contribution in [2.24, 2.45) is 5.92 Å². The Bertz CT molecular complexity index is 482. The zero-order valence-electron chi connectivity index (χ0n) is 13.5. The van der Waals surface area contributed by atoms with Gasteiger partial charge in [-0.2, -0.15) is 0 Å². The summed E-state index contributed by atoms with van der Waals surface area (Å²) in [6.45, 7) is 7.88. The molecule has 2 fully saturated rings. The third-order valence-corrected chi connectivity index (χ3v) is 4.91. The molecule has 0 bridgehead atoms. The number of piperazine rings is 1. The van der Waals surface area contributed by atoms with E-state index in [-0.39, 0.29) is 5.92 Å². The first-order valence-corrected chi connectivity index (χ1v) is 8.51. The SMILES string of the molecule is C[C@H]1C[C@@H](C(=O)N2CCN(Cc3ccccc3)CC2)CCN1. The van der Waals surface area contributed by atoms with Gasteiger partial charge in [-0.1, -0.05) is 30.3 Å². The molecule has 1 aromatic carbocycles. The highest BCUT2D eigenvalue weighted by molar-refractivity contribution is 5.79. The zero-order valence-corrected chi connectivity index (χ0v) is 13.5. The summed E-state index contributed by atoms with van der Waals surface area (Å²) in [6, 6.07) is 11.1. The Kier molecular flexibility index (Phi) is 5.11. The first kappa shape index (κ1) is 15.5. The Balaban J connectivity index is 1.48. The minimum absolute atomic E-state index is 0.233. The van der Waals surface area contributed by atoms with Crippen LogP contribution in [0.5, 0.6) is 0 Å². The molecule has 1 N–H and O–H groups in total. The van der Waals surface area contributed by atoms with Gasteiger partial charge in [-0.05, 0) is 31.9 Å². The van der Waals surface area contributed by atoms with E-state index in [0.717, 1.165) is 52.1 Å². The standard InChI is InChI=1S/C18H27N3O/c1-15-13-17(7-8-19-15)18(22)21-11-9-20(10-12-21)14-16-5-3-2-4-6-16/h2-6,15,17,19H,7-14H2,1H3/t15-,17-/m0/s1. The highest BCUT2D eigenvalue weighted by Gasteiger charge is 2.30. The predicted molar refractivity (Wildman–Crippen MR) is 88.5 cm³/mol. The quantitative estimate of drug-likeness (QED) is 0.923. The molecule has 0 unspecified atom stereocenters. The number of amides is 1. The van der Waals surface area contributed by atoms with Gasteiger partial charge in [0.25, 0.3) is 0 Å². The van der Waals surface area contributed by atoms with E-state index in [1.807, 2.05) is 0 Å². The van der Waals surface area contributed by atoms with Gasteiger partial charge in [0.1, 0.15) is 0 Å². The van der Waals surface area contributed by atoms with Gasteiger partial charge in [0, 0.05) is 44.7 Å². The Morgan fingerprint density at radius 1 is 1.18 bits per heavy atom. The second-order valence-corrected chi connectivity index (χ2v) is 6.66. The van der Waals surface area contributed by atoms with Gasteiger partial charge in [-0.15, -0.1) is 0 Å². The number of benzene rings is 1. The molecule has 120 valence electrons. The summed E-state index contributed by atoms with van der Waals surface area (Å²) in [5, 5.41) is 3.43. The number of carbonyl (C=O) groups excluding carboxylic acids is 1. The van der Waals surface area contributed by atoms with Crippen LogP contribution in [0.2, 0.25) is 0 Å². The van der Waals surface area contributed by atoms with Crippen LogP contribution in [-0.2, 0) is 11.3 Å². The lowest BCUT2D eigenvalue weighted by Gasteiger charge is -2.38. The Labute approximate surface area is 133 Å². The van der Waals surface area contributed by atoms with Crippen molar-refractivity contribution in [2.75, 3.05) is 32.7 Å². The molecule has 2 atom stereocenters. The van der Waals surface area contributed by atoms with E-state index in [4.69, 9.17) is 0 Å². The van der Waals surface area contributed by atoms with Crippen molar-refractivity contribution in [3.8, 4) is 0 Å². The number of hydrogen-bond acceptors (Lipinski definition) is 3. The van der Waals surface area contributed by atoms with Crippen LogP contribution in [0.3, 0.4) is 0 Å². The van der Waals surface area contributed by atoms with Crippen molar-refractivity contribution in [3.05, 3.63) is 35.9 Å². The molecule has 4 nitrogen and oxygen atoms in total. The molecular weight excluding hydrogens is 274 g/mol. The third-order valence-electron chi connectivity index (χ3n) is 4.91. The molecule has 4 heteroatoms. The Morgan fingerprint density at radius 3 is 2.59 bits per heavy atom. The highest BCUT2D eigenvalue weighted by atomic mass is 16.2. The number of nitrogens with one attached hydrogen (secondary N) is 1. The molecule has 2 aliphatic heterocycles. The topological polar surface area (TPSA) is 35.6 Å². The average molecular weight is 301 g/mol. The first-order chi connectivity index (χ1) is 10.7. The lowest BCUT2D eigenvalue weighted by atomic mass is 9.92. The zero-order chi connectivity index (χ0) is 15.4. The van der Waals surface area contributed by atoms with Crippen molar-refractivity contribution in [1.82, 2.24) is 15.1 Å². The van der Waals surface area contributed by atoms with E-state index in [1.165, 1.54) is 5.56 Å². The smallest absolute Gasteiger partial charge is 0.225 e. The number of rotatable bonds is 3. The average Bonchev–Trinajstić information content (AvgIpc) is 2.56. The summed E-state index contributed by atoms with van der Waals surface area (Å²) in [5.41, 5.74) is 1.36. The molecule has 0 saturated carbocycles. The van der Waals surface area contributed by atoms with E-state index in [9.17, 15) is 4.79 Å². The van der Waals surface area contributed by atoms with Crippen LogP contribution in [0, 0.1) is 5.92 Å². The minimum atomic E-state index is 0.233. The lowest BCUT2D eigenvalue weighted by Crippen LogP contribution is -2.51. The maximum atomic E-state index is 12.6. The summed E-state index contributed by atoms with van der Waals surface area (Å²) in [5.74, 6) is 0.615. The molecule has 0 aromatic heterocycles. The van der Waals surface area contributed by atoms with E-state index in [1.54, 1.807) is 0 Å². The number of nitrogens with zero attached hydrogens (tertiary/aromatic N) is 2. The summed E-state index contributed by atoms with van der Waals surface area (Å²) in [6.07, 6.45) is 1.98. The molecule has 2 aliphatic rings. The van der Waals surface area contributed by atoms with Gasteiger partial charge in [-0.25, -0.2) is 0 Å². The van der Waals surface area contributed by atoms with Crippen molar-refractivity contribution < 1.29 is 4.79 Å². The highest BCUT2D eigenvalue weighted by Crippen LogP contribution is 2.20. The summed E-state index contributed by atoms with van der Waals surface area (Å²) in [7, 11) is 0.